The van der Waals surface area contributed by atoms with Gasteiger partial charge in [-0.05, 0) is 6.42 Å². The number of carbonyl (C=O) groups excluding carboxylic acids is 2. The Bertz CT molecular complexity index is 1370. The van der Waals surface area contributed by atoms with E-state index in [9.17, 15) is 19.5 Å². The molecule has 0 spiro atoms. The van der Waals surface area contributed by atoms with Crippen LogP contribution in [0.25, 0.3) is 0 Å². The van der Waals surface area contributed by atoms with Crippen molar-refractivity contribution in [2.45, 2.75) is 30.9 Å². The van der Waals surface area contributed by atoms with Gasteiger partial charge in [-0.3, -0.25) is 14.5 Å². The minimum atomic E-state index is -1.19. The number of oxime groups is 1. The van der Waals surface area contributed by atoms with Gasteiger partial charge in [-0.15, -0.1) is 21.1 Å². The summed E-state index contributed by atoms with van der Waals surface area (Å²) in [6, 6.07) is 1.05. The van der Waals surface area contributed by atoms with Crippen molar-refractivity contribution in [3.05, 3.63) is 42.0 Å². The summed E-state index contributed by atoms with van der Waals surface area (Å²) >= 11 is 2.27. The molecule has 2 aromatic heterocycles. The van der Waals surface area contributed by atoms with Gasteiger partial charge >= 0.3 is 5.97 Å². The molecule has 0 saturated carbocycles. The molecule has 38 heavy (non-hydrogen) atoms. The van der Waals surface area contributed by atoms with E-state index in [1.54, 1.807) is 0 Å². The van der Waals surface area contributed by atoms with E-state index in [4.69, 9.17) is 10.6 Å². The predicted molar refractivity (Wildman–Crippen MR) is 139 cm³/mol. The maximum absolute atomic E-state index is 13.1. The maximum atomic E-state index is 13.1. The molecule has 2 amide bonds. The number of hydrogen-bond donors (Lipinski definition) is 3. The summed E-state index contributed by atoms with van der Waals surface area (Å²) in [7, 11) is 2.02. The molecule has 14 nitrogen and oxygen atoms in total. The fraction of sp³-hybridized carbons (Fsp3) is 0.409. The molecule has 5 heterocycles. The van der Waals surface area contributed by atoms with Crippen molar-refractivity contribution < 1.29 is 29.0 Å². The van der Waals surface area contributed by atoms with Crippen LogP contribution in [0.15, 0.2) is 41.3 Å². The second-order valence-electron chi connectivity index (χ2n) is 8.77. The van der Waals surface area contributed by atoms with Crippen LogP contribution in [0.4, 0.5) is 10.9 Å². The smallest absolute Gasteiger partial charge is 0.352 e. The number of nitrogens with two attached hydrogens (primary N) is 1. The van der Waals surface area contributed by atoms with Crippen molar-refractivity contribution in [2.24, 2.45) is 5.16 Å². The lowest BCUT2D eigenvalue weighted by atomic mass is 10.0. The lowest BCUT2D eigenvalue weighted by Crippen LogP contribution is -2.71. The number of carbonyl (C=O) groups is 3. The average molecular weight is 561 g/mol. The number of nitrogen functional groups attached to an aromatic ring is 1. The monoisotopic (exact) mass is 560 g/mol. The third-order valence-corrected chi connectivity index (χ3v) is 8.21. The molecule has 5 rings (SSSR count). The van der Waals surface area contributed by atoms with E-state index >= 15 is 0 Å². The Morgan fingerprint density at radius 2 is 2.26 bits per heavy atom. The van der Waals surface area contributed by atoms with Crippen LogP contribution < -0.4 is 20.6 Å². The van der Waals surface area contributed by atoms with Gasteiger partial charge in [0, 0.05) is 36.5 Å². The van der Waals surface area contributed by atoms with Gasteiger partial charge in [0.05, 0.1) is 12.6 Å². The van der Waals surface area contributed by atoms with Crippen LogP contribution >= 0.6 is 23.3 Å². The number of anilines is 2. The van der Waals surface area contributed by atoms with Gasteiger partial charge in [-0.2, -0.15) is 9.36 Å². The van der Waals surface area contributed by atoms with Gasteiger partial charge in [-0.1, -0.05) is 17.8 Å². The van der Waals surface area contributed by atoms with Gasteiger partial charge < -0.3 is 25.9 Å². The second kappa shape index (κ2) is 10.4. The third kappa shape index (κ3) is 4.60. The average Bonchev–Trinajstić information content (AvgIpc) is 3.51. The fourth-order valence-electron chi connectivity index (χ4n) is 4.61. The van der Waals surface area contributed by atoms with E-state index in [2.05, 4.69) is 36.0 Å². The van der Waals surface area contributed by atoms with Crippen LogP contribution in [0.5, 0.6) is 0 Å². The van der Waals surface area contributed by atoms with Crippen molar-refractivity contribution >= 4 is 57.7 Å². The standard InChI is InChI=1S/C22H25N9O5S2/c1-3-9-36-26-14(17-25-22(23)38-27-17)18(32)24-15-19(33)31-16(21(34)35)12(11-37-20(15)31)10-29-8-5-13-28(2)6-4-7-30(13)29/h3,5,8,15,20H,1,4,6-7,9-11H2,2H3,(H3-,23,24,25,27,32,34,35)/p+1/t15-,20-/m1/s1. The Kier molecular flexibility index (Phi) is 7.07. The largest absolute Gasteiger partial charge is 0.477 e. The van der Waals surface area contributed by atoms with Crippen LogP contribution in [-0.2, 0) is 32.3 Å². The Balaban J connectivity index is 1.35. The number of β-lactam (4-membered cyclic amide) rings is 1. The highest BCUT2D eigenvalue weighted by molar-refractivity contribution is 8.00. The van der Waals surface area contributed by atoms with Gasteiger partial charge in [0.1, 0.15) is 23.7 Å². The maximum Gasteiger partial charge on any atom is 0.352 e. The first-order valence-electron chi connectivity index (χ1n) is 11.7. The summed E-state index contributed by atoms with van der Waals surface area (Å²) in [4.78, 5) is 50.9. The molecule has 200 valence electrons. The van der Waals surface area contributed by atoms with Crippen molar-refractivity contribution in [3.63, 3.8) is 0 Å². The van der Waals surface area contributed by atoms with Crippen molar-refractivity contribution in [1.82, 2.24) is 24.3 Å². The zero-order valence-corrected chi connectivity index (χ0v) is 22.1. The summed E-state index contributed by atoms with van der Waals surface area (Å²) in [5, 5.41) is 16.0. The van der Waals surface area contributed by atoms with Crippen LogP contribution in [0.3, 0.4) is 0 Å². The molecule has 1 saturated heterocycles. The summed E-state index contributed by atoms with van der Waals surface area (Å²) in [6.45, 7) is 5.69. The number of aliphatic carboxylic acids is 1. The predicted octanol–water partition coefficient (Wildman–Crippen LogP) is -0.605. The SMILES string of the molecule is C=CCON=C(C(=O)N[C@@H]1C(=O)N2C(C(=O)O)=C(C[n+]3ccc4n3CCCN4C)CS[C@H]12)c1nsc(N)n1. The number of hydrogen-bond acceptors (Lipinski definition) is 11. The Morgan fingerprint density at radius 3 is 2.97 bits per heavy atom. The highest BCUT2D eigenvalue weighted by Crippen LogP contribution is 2.40. The van der Waals surface area contributed by atoms with Crippen molar-refractivity contribution in [3.8, 4) is 0 Å². The molecule has 2 aromatic rings. The topological polar surface area (TPSA) is 172 Å². The molecule has 3 aliphatic heterocycles. The minimum absolute atomic E-state index is 0.0411. The molecule has 16 heteroatoms. The number of aromatic nitrogens is 4. The van der Waals surface area contributed by atoms with Crippen molar-refractivity contribution in [2.75, 3.05) is 36.6 Å². The van der Waals surface area contributed by atoms with Gasteiger partial charge in [0.2, 0.25) is 11.5 Å². The normalized spacial score (nSPS) is 21.0. The quantitative estimate of drug-likeness (QED) is 0.0897. The lowest BCUT2D eigenvalue weighted by molar-refractivity contribution is -0.768. The van der Waals surface area contributed by atoms with Crippen LogP contribution in [0.1, 0.15) is 12.2 Å². The first-order valence-corrected chi connectivity index (χ1v) is 13.5. The molecule has 0 aliphatic carbocycles. The van der Waals surface area contributed by atoms with E-state index in [0.717, 1.165) is 36.9 Å². The number of nitrogens with zero attached hydrogens (tertiary/aromatic N) is 7. The molecular weight excluding hydrogens is 534 g/mol. The van der Waals surface area contributed by atoms with Gasteiger partial charge in [-0.25, -0.2) is 4.79 Å². The van der Waals surface area contributed by atoms with Crippen LogP contribution in [-0.4, -0.2) is 84.9 Å². The molecule has 1 fully saturated rings. The fourth-order valence-corrected chi connectivity index (χ4v) is 6.38. The number of nitrogens with one attached hydrogen (secondary N) is 1. The zero-order valence-electron chi connectivity index (χ0n) is 20.4. The Morgan fingerprint density at radius 1 is 1.45 bits per heavy atom. The highest BCUT2D eigenvalue weighted by atomic mass is 32.2. The molecule has 4 N–H and O–H groups in total. The zero-order chi connectivity index (χ0) is 27.0. The summed E-state index contributed by atoms with van der Waals surface area (Å²) in [5.41, 5.74) is 5.97. The Hall–Kier alpha value is -3.92. The molecule has 0 bridgehead atoms. The van der Waals surface area contributed by atoms with E-state index in [-0.39, 0.29) is 29.0 Å². The number of carboxylic acid groups (broad SMARTS) is 1. The molecular formula is C22H26N9O5S2+. The summed E-state index contributed by atoms with van der Waals surface area (Å²) in [6.07, 6.45) is 4.36. The first kappa shape index (κ1) is 25.7. The van der Waals surface area contributed by atoms with Gasteiger partial charge in [0.15, 0.2) is 23.7 Å². The number of rotatable bonds is 9. The Labute approximate surface area is 225 Å². The van der Waals surface area contributed by atoms with E-state index in [1.165, 1.54) is 22.7 Å². The molecule has 0 aromatic carbocycles. The second-order valence-corrected chi connectivity index (χ2v) is 10.7. The highest BCUT2D eigenvalue weighted by Gasteiger charge is 2.55. The lowest BCUT2D eigenvalue weighted by Gasteiger charge is -2.49. The van der Waals surface area contributed by atoms with E-state index in [0.29, 0.717) is 17.9 Å². The van der Waals surface area contributed by atoms with Crippen molar-refractivity contribution in [1.29, 1.82) is 0 Å². The van der Waals surface area contributed by atoms with Gasteiger partial charge in [0.25, 0.3) is 11.8 Å². The number of amides is 2. The molecule has 0 radical (unpaired) electrons. The summed E-state index contributed by atoms with van der Waals surface area (Å²) in [5.74, 6) is -1.04. The van der Waals surface area contributed by atoms with E-state index < -0.39 is 29.2 Å². The number of fused-ring (bicyclic) bond motifs is 2. The third-order valence-electron chi connectivity index (χ3n) is 6.33. The molecule has 3 aliphatic rings. The first-order chi connectivity index (χ1) is 18.3. The van der Waals surface area contributed by atoms with Crippen LogP contribution in [0.2, 0.25) is 0 Å². The number of thioether (sulfide) groups is 1. The summed E-state index contributed by atoms with van der Waals surface area (Å²) < 4.78 is 8.09. The number of carboxylic acids is 1. The van der Waals surface area contributed by atoms with E-state index in [1.807, 2.05) is 24.0 Å². The van der Waals surface area contributed by atoms with Crippen LogP contribution in [0, 0.1) is 0 Å². The minimum Gasteiger partial charge on any atom is -0.477 e. The molecule has 0 unspecified atom stereocenters. The molecule has 2 atom stereocenters.